The molecule has 0 saturated carbocycles. The van der Waals surface area contributed by atoms with Crippen LogP contribution in [0.4, 0.5) is 4.39 Å². The van der Waals surface area contributed by atoms with Crippen molar-refractivity contribution in [3.63, 3.8) is 0 Å². The molecule has 0 bridgehead atoms. The molecule has 0 saturated heterocycles. The van der Waals surface area contributed by atoms with Gasteiger partial charge in [-0.2, -0.15) is 0 Å². The zero-order valence-electron chi connectivity index (χ0n) is 18.4. The second kappa shape index (κ2) is 11.2. The highest BCUT2D eigenvalue weighted by Crippen LogP contribution is 2.22. The van der Waals surface area contributed by atoms with Crippen molar-refractivity contribution in [1.29, 1.82) is 0 Å². The van der Waals surface area contributed by atoms with Crippen LogP contribution in [0.1, 0.15) is 21.8 Å². The molecule has 0 aliphatic rings. The van der Waals surface area contributed by atoms with Crippen LogP contribution in [-0.2, 0) is 30.7 Å². The van der Waals surface area contributed by atoms with Crippen LogP contribution in [0, 0.1) is 5.82 Å². The Balaban J connectivity index is 1.42. The lowest BCUT2D eigenvalue weighted by Gasteiger charge is -2.17. The largest absolute Gasteiger partial charge is 0.341 e. The molecule has 170 valence electrons. The minimum atomic E-state index is -0.281. The van der Waals surface area contributed by atoms with Gasteiger partial charge in [0.15, 0.2) is 5.16 Å². The lowest BCUT2D eigenvalue weighted by Crippen LogP contribution is -2.28. The van der Waals surface area contributed by atoms with E-state index in [1.807, 2.05) is 24.3 Å². The number of aryl methyl sites for hydroxylation is 1. The number of carbonyl (C=O) groups excluding carboxylic acids is 1. The van der Waals surface area contributed by atoms with E-state index in [2.05, 4.69) is 38.3 Å². The molecule has 0 atom stereocenters. The summed E-state index contributed by atoms with van der Waals surface area (Å²) in [5.41, 5.74) is 2.14. The molecular formula is C25H25FN4OS2. The number of carbonyl (C=O) groups is 1. The molecule has 0 aliphatic heterocycles. The fraction of sp³-hybridized carbons (Fsp3) is 0.240. The molecular weight excluding hydrogens is 455 g/mol. The maximum absolute atomic E-state index is 13.1. The molecule has 2 aromatic carbocycles. The highest BCUT2D eigenvalue weighted by Gasteiger charge is 2.17. The quantitative estimate of drug-likeness (QED) is 0.298. The van der Waals surface area contributed by atoms with Crippen LogP contribution in [0.15, 0.2) is 77.3 Å². The lowest BCUT2D eigenvalue weighted by molar-refractivity contribution is -0.127. The topological polar surface area (TPSA) is 51.0 Å². The molecule has 0 unspecified atom stereocenters. The molecule has 2 heterocycles. The second-order valence-electron chi connectivity index (χ2n) is 7.71. The Bertz CT molecular complexity index is 1160. The number of rotatable bonds is 10. The van der Waals surface area contributed by atoms with Crippen molar-refractivity contribution < 1.29 is 9.18 Å². The van der Waals surface area contributed by atoms with Crippen LogP contribution in [-0.4, -0.2) is 38.4 Å². The van der Waals surface area contributed by atoms with E-state index in [0.717, 1.165) is 35.9 Å². The van der Waals surface area contributed by atoms with Crippen molar-refractivity contribution in [2.75, 3.05) is 12.8 Å². The number of nitrogens with zero attached hydrogens (tertiary/aromatic N) is 4. The van der Waals surface area contributed by atoms with Gasteiger partial charge < -0.3 is 9.47 Å². The molecule has 0 fully saturated rings. The number of hydrogen-bond donors (Lipinski definition) is 0. The molecule has 0 spiro atoms. The zero-order chi connectivity index (χ0) is 23.0. The molecule has 0 aliphatic carbocycles. The number of thiophene rings is 1. The van der Waals surface area contributed by atoms with Crippen molar-refractivity contribution >= 4 is 29.0 Å². The van der Waals surface area contributed by atoms with E-state index in [-0.39, 0.29) is 17.5 Å². The molecule has 0 radical (unpaired) electrons. The molecule has 4 aromatic rings. The predicted octanol–water partition coefficient (Wildman–Crippen LogP) is 5.06. The first-order valence-electron chi connectivity index (χ1n) is 10.7. The summed E-state index contributed by atoms with van der Waals surface area (Å²) in [6.07, 6.45) is 1.58. The summed E-state index contributed by atoms with van der Waals surface area (Å²) in [6, 6.07) is 20.7. The molecule has 2 aromatic heterocycles. The Morgan fingerprint density at radius 1 is 1.03 bits per heavy atom. The van der Waals surface area contributed by atoms with Crippen LogP contribution in [0.25, 0.3) is 0 Å². The van der Waals surface area contributed by atoms with Crippen molar-refractivity contribution in [3.05, 3.63) is 99.8 Å². The van der Waals surface area contributed by atoms with Crippen LogP contribution in [0.3, 0.4) is 0 Å². The van der Waals surface area contributed by atoms with Crippen LogP contribution < -0.4 is 0 Å². The minimum Gasteiger partial charge on any atom is -0.341 e. The number of thioether (sulfide) groups is 1. The Morgan fingerprint density at radius 3 is 2.55 bits per heavy atom. The summed E-state index contributed by atoms with van der Waals surface area (Å²) >= 11 is 3.11. The van der Waals surface area contributed by atoms with Crippen LogP contribution in [0.5, 0.6) is 0 Å². The fourth-order valence-corrected chi connectivity index (χ4v) is 5.05. The molecule has 1 amide bonds. The Kier molecular flexibility index (Phi) is 7.91. The van der Waals surface area contributed by atoms with Crippen molar-refractivity contribution in [3.8, 4) is 0 Å². The summed E-state index contributed by atoms with van der Waals surface area (Å²) in [5.74, 6) is 0.876. The van der Waals surface area contributed by atoms with E-state index in [9.17, 15) is 9.18 Å². The second-order valence-corrected chi connectivity index (χ2v) is 9.68. The third-order valence-corrected chi connectivity index (χ3v) is 7.08. The minimum absolute atomic E-state index is 0.0123. The maximum Gasteiger partial charge on any atom is 0.233 e. The van der Waals surface area contributed by atoms with E-state index < -0.39 is 0 Å². The van der Waals surface area contributed by atoms with Gasteiger partial charge in [-0.25, -0.2) is 4.39 Å². The highest BCUT2D eigenvalue weighted by atomic mass is 32.2. The summed E-state index contributed by atoms with van der Waals surface area (Å²) in [4.78, 5) is 15.6. The lowest BCUT2D eigenvalue weighted by atomic mass is 10.1. The smallest absolute Gasteiger partial charge is 0.233 e. The normalized spacial score (nSPS) is 11.0. The van der Waals surface area contributed by atoms with E-state index in [1.165, 1.54) is 34.3 Å². The van der Waals surface area contributed by atoms with E-state index in [4.69, 9.17) is 0 Å². The van der Waals surface area contributed by atoms with Gasteiger partial charge in [0, 0.05) is 31.4 Å². The SMILES string of the molecule is CN(Cc1ccc(F)cc1)C(=O)CSc1nnc(Cc2cccs2)n1CCc1ccccc1. The third-order valence-electron chi connectivity index (χ3n) is 5.26. The number of amides is 1. The Morgan fingerprint density at radius 2 is 1.82 bits per heavy atom. The number of benzene rings is 2. The summed E-state index contributed by atoms with van der Waals surface area (Å²) in [7, 11) is 1.76. The average molecular weight is 481 g/mol. The summed E-state index contributed by atoms with van der Waals surface area (Å²) in [5, 5.41) is 11.7. The van der Waals surface area contributed by atoms with Gasteiger partial charge in [-0.3, -0.25) is 4.79 Å². The van der Waals surface area contributed by atoms with Crippen molar-refractivity contribution in [2.45, 2.75) is 31.1 Å². The highest BCUT2D eigenvalue weighted by molar-refractivity contribution is 7.99. The van der Waals surface area contributed by atoms with Gasteiger partial charge in [0.1, 0.15) is 11.6 Å². The molecule has 0 N–H and O–H groups in total. The van der Waals surface area contributed by atoms with Crippen molar-refractivity contribution in [2.24, 2.45) is 0 Å². The Labute approximate surface area is 201 Å². The first-order chi connectivity index (χ1) is 16.1. The Hall–Kier alpha value is -2.97. The van der Waals surface area contributed by atoms with Crippen molar-refractivity contribution in [1.82, 2.24) is 19.7 Å². The van der Waals surface area contributed by atoms with Crippen LogP contribution >= 0.6 is 23.1 Å². The van der Waals surface area contributed by atoms with Crippen LogP contribution in [0.2, 0.25) is 0 Å². The van der Waals surface area contributed by atoms with Gasteiger partial charge in [0.2, 0.25) is 5.91 Å². The first-order valence-corrected chi connectivity index (χ1v) is 12.5. The number of hydrogen-bond acceptors (Lipinski definition) is 5. The van der Waals surface area contributed by atoms with Gasteiger partial charge >= 0.3 is 0 Å². The standard InChI is InChI=1S/C25H25FN4OS2/c1-29(17-20-9-11-21(26)12-10-20)24(31)18-33-25-28-27-23(16-22-8-5-15-32-22)30(25)14-13-19-6-3-2-4-7-19/h2-12,15H,13-14,16-18H2,1H3. The number of aromatic nitrogens is 3. The molecule has 4 rings (SSSR count). The fourth-order valence-electron chi connectivity index (χ4n) is 3.42. The van der Waals surface area contributed by atoms with Gasteiger partial charge in [-0.1, -0.05) is 60.3 Å². The molecule has 5 nitrogen and oxygen atoms in total. The third kappa shape index (κ3) is 6.52. The van der Waals surface area contributed by atoms with E-state index in [1.54, 1.807) is 35.4 Å². The molecule has 8 heteroatoms. The zero-order valence-corrected chi connectivity index (χ0v) is 20.0. The predicted molar refractivity (Wildman–Crippen MR) is 131 cm³/mol. The molecule has 33 heavy (non-hydrogen) atoms. The first kappa shape index (κ1) is 23.2. The van der Waals surface area contributed by atoms with Gasteiger partial charge in [0.05, 0.1) is 5.75 Å². The van der Waals surface area contributed by atoms with Gasteiger partial charge in [-0.05, 0) is 41.1 Å². The summed E-state index contributed by atoms with van der Waals surface area (Å²) in [6.45, 7) is 1.18. The van der Waals surface area contributed by atoms with E-state index >= 15 is 0 Å². The number of halogens is 1. The van der Waals surface area contributed by atoms with E-state index in [0.29, 0.717) is 6.54 Å². The van der Waals surface area contributed by atoms with Gasteiger partial charge in [0.25, 0.3) is 0 Å². The monoisotopic (exact) mass is 480 g/mol. The summed E-state index contributed by atoms with van der Waals surface area (Å²) < 4.78 is 15.3. The average Bonchev–Trinajstić information content (AvgIpc) is 3.48. The maximum atomic E-state index is 13.1. The van der Waals surface area contributed by atoms with Gasteiger partial charge in [-0.15, -0.1) is 21.5 Å².